The quantitative estimate of drug-likeness (QED) is 0.0793. The van der Waals surface area contributed by atoms with Crippen LogP contribution in [-0.4, -0.2) is 64.4 Å². The van der Waals surface area contributed by atoms with Gasteiger partial charge in [0.1, 0.15) is 11.9 Å². The first-order chi connectivity index (χ1) is 25.1. The molecule has 0 bridgehead atoms. The lowest BCUT2D eigenvalue weighted by Crippen LogP contribution is -2.39. The Balaban J connectivity index is 0.927. The number of nitrogens with one attached hydrogen (secondary N) is 4. The molecule has 11 nitrogen and oxygen atoms in total. The first-order valence-electron chi connectivity index (χ1n) is 17.0. The molecule has 0 radical (unpaired) electrons. The highest BCUT2D eigenvalue weighted by molar-refractivity contribution is 6.39. The zero-order valence-electron chi connectivity index (χ0n) is 28.2. The summed E-state index contributed by atoms with van der Waals surface area (Å²) in [6, 6.07) is 26.8. The normalized spacial score (nSPS) is 14.2. The lowest BCUT2D eigenvalue weighted by atomic mass is 10.0. The number of anilines is 2. The molecule has 1 fully saturated rings. The van der Waals surface area contributed by atoms with Crippen LogP contribution in [0.15, 0.2) is 95.8 Å². The van der Waals surface area contributed by atoms with Crippen LogP contribution in [0.4, 0.5) is 16.2 Å². The number of halogens is 2. The van der Waals surface area contributed by atoms with Gasteiger partial charge in [-0.1, -0.05) is 77.8 Å². The zero-order valence-corrected chi connectivity index (χ0v) is 29.7. The van der Waals surface area contributed by atoms with Crippen LogP contribution in [0, 0.1) is 0 Å². The molecule has 4 aromatic carbocycles. The molecule has 6 N–H and O–H groups in total. The Morgan fingerprint density at radius 3 is 2.38 bits per heavy atom. The predicted octanol–water partition coefficient (Wildman–Crippen LogP) is 7.07. The van der Waals surface area contributed by atoms with E-state index in [0.29, 0.717) is 61.3 Å². The average molecular weight is 745 g/mol. The third-order valence-corrected chi connectivity index (χ3v) is 9.61. The number of phenolic OH excluding ortho intramolecular Hbond substituents is 1. The molecule has 1 saturated heterocycles. The summed E-state index contributed by atoms with van der Waals surface area (Å²) >= 11 is 13.0. The molecule has 2 amide bonds. The van der Waals surface area contributed by atoms with E-state index in [1.54, 1.807) is 24.3 Å². The fourth-order valence-corrected chi connectivity index (χ4v) is 6.95. The molecular formula is C39H39Cl2N5O6. The van der Waals surface area contributed by atoms with Gasteiger partial charge in [0, 0.05) is 56.2 Å². The summed E-state index contributed by atoms with van der Waals surface area (Å²) in [6.07, 6.45) is -0.0859. The number of fused-ring (bicyclic) bond motifs is 1. The number of hydrogen-bond donors (Lipinski definition) is 6. The summed E-state index contributed by atoms with van der Waals surface area (Å²) in [6.45, 7) is 2.41. The number of aromatic amines is 1. The number of hydrogen-bond acceptors (Lipinski definition) is 8. The summed E-state index contributed by atoms with van der Waals surface area (Å²) in [4.78, 5) is 42.1. The van der Waals surface area contributed by atoms with Gasteiger partial charge in [-0.25, -0.2) is 4.79 Å². The molecule has 0 saturated carbocycles. The Morgan fingerprint density at radius 1 is 0.923 bits per heavy atom. The van der Waals surface area contributed by atoms with Crippen LogP contribution in [-0.2, 0) is 16.1 Å². The number of carbonyl (C=O) groups is 2. The number of carbonyl (C=O) groups excluding carboxylic acids is 2. The minimum atomic E-state index is -0.926. The number of pyridine rings is 1. The molecule has 1 aliphatic rings. The maximum atomic E-state index is 12.9. The van der Waals surface area contributed by atoms with E-state index in [9.17, 15) is 24.6 Å². The first kappa shape index (κ1) is 36.9. The van der Waals surface area contributed by atoms with Crippen LogP contribution in [0.2, 0.25) is 10.0 Å². The van der Waals surface area contributed by atoms with Gasteiger partial charge in [0.2, 0.25) is 11.5 Å². The number of benzene rings is 4. The van der Waals surface area contributed by atoms with Crippen LogP contribution < -0.4 is 21.5 Å². The molecule has 0 spiro atoms. The number of aromatic hydroxyl groups is 1. The summed E-state index contributed by atoms with van der Waals surface area (Å²) in [5.74, 6) is -0.307. The van der Waals surface area contributed by atoms with E-state index in [1.165, 1.54) is 12.1 Å². The van der Waals surface area contributed by atoms with Crippen molar-refractivity contribution in [3.8, 4) is 16.9 Å². The minimum Gasteiger partial charge on any atom is -0.506 e. The third-order valence-electron chi connectivity index (χ3n) is 9.01. The molecule has 270 valence electrons. The number of H-pyrrole nitrogens is 1. The number of piperidine rings is 1. The van der Waals surface area contributed by atoms with E-state index in [-0.39, 0.29) is 51.8 Å². The number of ether oxygens (including phenoxy) is 1. The average Bonchev–Trinajstić information content (AvgIpc) is 3.13. The highest BCUT2D eigenvalue weighted by atomic mass is 35.5. The van der Waals surface area contributed by atoms with Crippen molar-refractivity contribution in [3.05, 3.63) is 123 Å². The van der Waals surface area contributed by atoms with E-state index in [2.05, 4.69) is 25.8 Å². The van der Waals surface area contributed by atoms with Crippen molar-refractivity contribution in [1.29, 1.82) is 0 Å². The summed E-state index contributed by atoms with van der Waals surface area (Å²) in [7, 11) is 0. The molecule has 5 aromatic rings. The van der Waals surface area contributed by atoms with Crippen LogP contribution in [0.5, 0.6) is 5.75 Å². The molecule has 13 heteroatoms. The molecule has 2 heterocycles. The molecule has 1 aromatic heterocycles. The number of aliphatic hydroxyl groups is 1. The number of phenols is 1. The van der Waals surface area contributed by atoms with Gasteiger partial charge in [0.05, 0.1) is 33.0 Å². The highest BCUT2D eigenvalue weighted by Gasteiger charge is 2.24. The van der Waals surface area contributed by atoms with Gasteiger partial charge < -0.3 is 35.5 Å². The molecular weight excluding hydrogens is 705 g/mol. The van der Waals surface area contributed by atoms with Crippen molar-refractivity contribution in [2.45, 2.75) is 38.0 Å². The second-order valence-electron chi connectivity index (χ2n) is 12.6. The van der Waals surface area contributed by atoms with Gasteiger partial charge in [-0.3, -0.25) is 14.9 Å². The second kappa shape index (κ2) is 17.1. The zero-order chi connectivity index (χ0) is 36.6. The smallest absolute Gasteiger partial charge is 0.411 e. The Kier molecular flexibility index (Phi) is 12.1. The Morgan fingerprint density at radius 2 is 1.63 bits per heavy atom. The number of likely N-dealkylation sites (tertiary alicyclic amines) is 1. The number of aromatic nitrogens is 1. The molecule has 6 rings (SSSR count). The number of nitrogens with zero attached hydrogens (tertiary/aromatic N) is 1. The lowest BCUT2D eigenvalue weighted by Gasteiger charge is -2.31. The maximum absolute atomic E-state index is 12.9. The van der Waals surface area contributed by atoms with E-state index < -0.39 is 12.2 Å². The van der Waals surface area contributed by atoms with E-state index in [4.69, 9.17) is 27.9 Å². The standard InChI is InChI=1S/C39H39Cl2N5O6/c40-30-20-24(22-42-23-34(48)28-10-12-33(47)37-29(28)11-13-35(49)44-37)21-31(41)38(30)45-36(50)16-19-46-17-14-26(15-18-46)52-39(51)43-32-9-5-4-8-27(32)25-6-2-1-3-7-25/h1-13,20-21,26,34,42,47-48H,14-19,22-23H2,(H,43,51)(H,44,49)(H,45,50)/t34-/m1/s1. The highest BCUT2D eigenvalue weighted by Crippen LogP contribution is 2.33. The number of para-hydroxylation sites is 1. The monoisotopic (exact) mass is 743 g/mol. The topological polar surface area (TPSA) is 156 Å². The second-order valence-corrected chi connectivity index (χ2v) is 13.5. The van der Waals surface area contributed by atoms with Gasteiger partial charge in [-0.15, -0.1) is 0 Å². The van der Waals surface area contributed by atoms with Gasteiger partial charge in [-0.05, 0) is 59.9 Å². The Hall–Kier alpha value is -4.91. The van der Waals surface area contributed by atoms with Crippen molar-refractivity contribution in [3.63, 3.8) is 0 Å². The molecule has 1 atom stereocenters. The van der Waals surface area contributed by atoms with E-state index >= 15 is 0 Å². The summed E-state index contributed by atoms with van der Waals surface area (Å²) < 4.78 is 5.73. The van der Waals surface area contributed by atoms with Gasteiger partial charge in [-0.2, -0.15) is 0 Å². The minimum absolute atomic E-state index is 0.0801. The SMILES string of the molecule is O=C(CCN1CCC(OC(=O)Nc2ccccc2-c2ccccc2)CC1)Nc1c(Cl)cc(CNC[C@@H](O)c2ccc(O)c3[nH]c(=O)ccc23)cc1Cl. The summed E-state index contributed by atoms with van der Waals surface area (Å²) in [5, 5.41) is 30.9. The van der Waals surface area contributed by atoms with Crippen LogP contribution >= 0.6 is 23.2 Å². The fraction of sp³-hybridized carbons (Fsp3) is 0.256. The Bertz CT molecular complexity index is 2080. The third kappa shape index (κ3) is 9.30. The lowest BCUT2D eigenvalue weighted by molar-refractivity contribution is -0.116. The summed E-state index contributed by atoms with van der Waals surface area (Å²) in [5.41, 5.74) is 4.14. The van der Waals surface area contributed by atoms with Gasteiger partial charge in [0.25, 0.3) is 0 Å². The van der Waals surface area contributed by atoms with E-state index in [1.807, 2.05) is 54.6 Å². The number of aliphatic hydroxyl groups excluding tert-OH is 1. The van der Waals surface area contributed by atoms with Crippen molar-refractivity contribution >= 4 is 57.5 Å². The maximum Gasteiger partial charge on any atom is 0.411 e. The molecule has 0 aliphatic carbocycles. The van der Waals surface area contributed by atoms with Crippen LogP contribution in [0.25, 0.3) is 22.0 Å². The predicted molar refractivity (Wildman–Crippen MR) is 204 cm³/mol. The van der Waals surface area contributed by atoms with Crippen molar-refractivity contribution in [2.75, 3.05) is 36.8 Å². The number of amides is 2. The molecule has 52 heavy (non-hydrogen) atoms. The van der Waals surface area contributed by atoms with Crippen LogP contribution in [0.1, 0.15) is 36.5 Å². The van der Waals surface area contributed by atoms with Crippen molar-refractivity contribution < 1.29 is 24.5 Å². The van der Waals surface area contributed by atoms with Crippen molar-refractivity contribution in [1.82, 2.24) is 15.2 Å². The molecule has 0 unspecified atom stereocenters. The van der Waals surface area contributed by atoms with Gasteiger partial charge in [0.15, 0.2) is 0 Å². The van der Waals surface area contributed by atoms with Crippen LogP contribution in [0.3, 0.4) is 0 Å². The number of rotatable bonds is 12. The van der Waals surface area contributed by atoms with Gasteiger partial charge >= 0.3 is 6.09 Å². The Labute approximate surface area is 310 Å². The van der Waals surface area contributed by atoms with Crippen molar-refractivity contribution in [2.24, 2.45) is 0 Å². The largest absolute Gasteiger partial charge is 0.506 e. The first-order valence-corrected chi connectivity index (χ1v) is 17.8. The van der Waals surface area contributed by atoms with E-state index in [0.717, 1.165) is 16.7 Å². The fourth-order valence-electron chi connectivity index (χ4n) is 6.32. The molecule has 1 aliphatic heterocycles.